The Labute approximate surface area is 174 Å². The Hall–Kier alpha value is -3.99. The van der Waals surface area contributed by atoms with Gasteiger partial charge in [0.05, 0.1) is 11.2 Å². The van der Waals surface area contributed by atoms with Crippen molar-refractivity contribution in [1.82, 2.24) is 4.98 Å². The van der Waals surface area contributed by atoms with Gasteiger partial charge in [-0.2, -0.15) is 0 Å². The fourth-order valence-electron chi connectivity index (χ4n) is 3.40. The third kappa shape index (κ3) is 3.91. The summed E-state index contributed by atoms with van der Waals surface area (Å²) in [6, 6.07) is 21.9. The zero-order valence-electron chi connectivity index (χ0n) is 16.8. The number of hydrogen-bond donors (Lipinski definition) is 2. The summed E-state index contributed by atoms with van der Waals surface area (Å²) >= 11 is 0. The Balaban J connectivity index is 1.57. The van der Waals surface area contributed by atoms with E-state index in [1.807, 2.05) is 62.4 Å². The number of benzene rings is 3. The van der Waals surface area contributed by atoms with Gasteiger partial charge in [-0.1, -0.05) is 42.5 Å². The SMILES string of the molecule is Cc1cccc(C)c1NC(=O)c1cccc(C(=O)Nc2cccc3cccnc23)c1. The Morgan fingerprint density at radius 1 is 0.733 bits per heavy atom. The number of fused-ring (bicyclic) bond motifs is 1. The van der Waals surface area contributed by atoms with Crippen LogP contribution in [0.15, 0.2) is 79.0 Å². The molecule has 0 unspecified atom stereocenters. The molecule has 4 aromatic rings. The lowest BCUT2D eigenvalue weighted by Gasteiger charge is -2.12. The van der Waals surface area contributed by atoms with Gasteiger partial charge in [0.15, 0.2) is 0 Å². The summed E-state index contributed by atoms with van der Waals surface area (Å²) < 4.78 is 0. The zero-order valence-corrected chi connectivity index (χ0v) is 16.8. The van der Waals surface area contributed by atoms with Gasteiger partial charge in [0.25, 0.3) is 11.8 Å². The van der Waals surface area contributed by atoms with Crippen LogP contribution in [-0.4, -0.2) is 16.8 Å². The standard InChI is InChI=1S/C25H21N3O2/c1-16-7-3-8-17(2)22(16)28-25(30)20-11-4-10-19(15-20)24(29)27-21-13-5-9-18-12-6-14-26-23(18)21/h3-15H,1-2H3,(H,27,29)(H,28,30). The molecule has 0 atom stereocenters. The fraction of sp³-hybridized carbons (Fsp3) is 0.0800. The van der Waals surface area contributed by atoms with Crippen LogP contribution in [0.5, 0.6) is 0 Å². The van der Waals surface area contributed by atoms with E-state index in [1.165, 1.54) is 0 Å². The highest BCUT2D eigenvalue weighted by Gasteiger charge is 2.14. The summed E-state index contributed by atoms with van der Waals surface area (Å²) in [4.78, 5) is 30.0. The molecule has 0 radical (unpaired) electrons. The van der Waals surface area contributed by atoms with Crippen molar-refractivity contribution in [2.75, 3.05) is 10.6 Å². The average molecular weight is 395 g/mol. The molecule has 1 heterocycles. The summed E-state index contributed by atoms with van der Waals surface area (Å²) in [5.41, 5.74) is 4.93. The van der Waals surface area contributed by atoms with Crippen LogP contribution in [0.1, 0.15) is 31.8 Å². The maximum absolute atomic E-state index is 12.8. The van der Waals surface area contributed by atoms with Gasteiger partial charge in [-0.25, -0.2) is 0 Å². The molecule has 0 aliphatic rings. The van der Waals surface area contributed by atoms with Gasteiger partial charge in [0.1, 0.15) is 0 Å². The van der Waals surface area contributed by atoms with E-state index in [1.54, 1.807) is 30.5 Å². The van der Waals surface area contributed by atoms with E-state index in [-0.39, 0.29) is 11.8 Å². The topological polar surface area (TPSA) is 71.1 Å². The minimum Gasteiger partial charge on any atom is -0.322 e. The van der Waals surface area contributed by atoms with Gasteiger partial charge in [-0.3, -0.25) is 14.6 Å². The number of hydrogen-bond acceptors (Lipinski definition) is 3. The lowest BCUT2D eigenvalue weighted by Crippen LogP contribution is -2.16. The first-order valence-electron chi connectivity index (χ1n) is 9.65. The Morgan fingerprint density at radius 2 is 1.33 bits per heavy atom. The van der Waals surface area contributed by atoms with Crippen LogP contribution >= 0.6 is 0 Å². The van der Waals surface area contributed by atoms with Gasteiger partial charge < -0.3 is 10.6 Å². The van der Waals surface area contributed by atoms with Crippen LogP contribution < -0.4 is 10.6 Å². The number of pyridine rings is 1. The van der Waals surface area contributed by atoms with Gasteiger partial charge in [0.2, 0.25) is 0 Å². The molecule has 148 valence electrons. The summed E-state index contributed by atoms with van der Waals surface area (Å²) in [5, 5.41) is 6.80. The van der Waals surface area contributed by atoms with E-state index in [4.69, 9.17) is 0 Å². The number of nitrogens with zero attached hydrogens (tertiary/aromatic N) is 1. The molecule has 4 rings (SSSR count). The number of para-hydroxylation sites is 2. The molecule has 2 N–H and O–H groups in total. The summed E-state index contributed by atoms with van der Waals surface area (Å²) in [6.07, 6.45) is 1.69. The molecule has 5 heteroatoms. The molecule has 0 aliphatic heterocycles. The molecule has 0 bridgehead atoms. The van der Waals surface area contributed by atoms with Crippen LogP contribution in [0.25, 0.3) is 10.9 Å². The summed E-state index contributed by atoms with van der Waals surface area (Å²) in [6.45, 7) is 3.90. The molecule has 30 heavy (non-hydrogen) atoms. The highest BCUT2D eigenvalue weighted by molar-refractivity contribution is 6.11. The Morgan fingerprint density at radius 3 is 2.07 bits per heavy atom. The van der Waals surface area contributed by atoms with Gasteiger partial charge >= 0.3 is 0 Å². The lowest BCUT2D eigenvalue weighted by molar-refractivity contribution is 0.102. The Kier molecular flexibility index (Phi) is 5.26. The highest BCUT2D eigenvalue weighted by atomic mass is 16.2. The van der Waals surface area contributed by atoms with Gasteiger partial charge in [-0.05, 0) is 55.3 Å². The van der Waals surface area contributed by atoms with Crippen LogP contribution in [0.4, 0.5) is 11.4 Å². The van der Waals surface area contributed by atoms with E-state index in [2.05, 4.69) is 15.6 Å². The third-order valence-corrected chi connectivity index (χ3v) is 4.99. The predicted molar refractivity (Wildman–Crippen MR) is 120 cm³/mol. The average Bonchev–Trinajstić information content (AvgIpc) is 2.76. The fourth-order valence-corrected chi connectivity index (χ4v) is 3.40. The first-order valence-corrected chi connectivity index (χ1v) is 9.65. The van der Waals surface area contributed by atoms with E-state index >= 15 is 0 Å². The van der Waals surface area contributed by atoms with Crippen LogP contribution in [0, 0.1) is 13.8 Å². The van der Waals surface area contributed by atoms with E-state index in [9.17, 15) is 9.59 Å². The van der Waals surface area contributed by atoms with E-state index in [0.29, 0.717) is 16.8 Å². The highest BCUT2D eigenvalue weighted by Crippen LogP contribution is 2.22. The molecule has 0 saturated heterocycles. The van der Waals surface area contributed by atoms with E-state index in [0.717, 1.165) is 27.7 Å². The lowest BCUT2D eigenvalue weighted by atomic mass is 10.1. The van der Waals surface area contributed by atoms with Crippen LogP contribution in [0.2, 0.25) is 0 Å². The quantitative estimate of drug-likeness (QED) is 0.489. The molecule has 0 aliphatic carbocycles. The number of anilines is 2. The second kappa shape index (κ2) is 8.17. The Bertz CT molecular complexity index is 1240. The first kappa shape index (κ1) is 19.3. The minimum atomic E-state index is -0.296. The van der Waals surface area contributed by atoms with Gasteiger partial charge in [0, 0.05) is 28.4 Å². The number of aryl methyl sites for hydroxylation is 2. The maximum atomic E-state index is 12.8. The number of nitrogens with one attached hydrogen (secondary N) is 2. The van der Waals surface area contributed by atoms with Crippen molar-refractivity contribution in [2.24, 2.45) is 0 Å². The molecule has 3 aromatic carbocycles. The van der Waals surface area contributed by atoms with Crippen molar-refractivity contribution >= 4 is 34.1 Å². The normalized spacial score (nSPS) is 10.6. The smallest absolute Gasteiger partial charge is 0.255 e. The number of carbonyl (C=O) groups excluding carboxylic acids is 2. The molecule has 2 amide bonds. The van der Waals surface area contributed by atoms with Crippen molar-refractivity contribution in [3.05, 3.63) is 101 Å². The number of aromatic nitrogens is 1. The molecule has 0 spiro atoms. The van der Waals surface area contributed by atoms with Crippen molar-refractivity contribution in [1.29, 1.82) is 0 Å². The number of carbonyl (C=O) groups is 2. The molecule has 1 aromatic heterocycles. The van der Waals surface area contributed by atoms with Crippen molar-refractivity contribution in [3.63, 3.8) is 0 Å². The first-order chi connectivity index (χ1) is 14.5. The minimum absolute atomic E-state index is 0.256. The maximum Gasteiger partial charge on any atom is 0.255 e. The van der Waals surface area contributed by atoms with Crippen molar-refractivity contribution in [2.45, 2.75) is 13.8 Å². The number of rotatable bonds is 4. The molecule has 0 fully saturated rings. The molecule has 0 saturated carbocycles. The second-order valence-electron chi connectivity index (χ2n) is 7.14. The predicted octanol–water partition coefficient (Wildman–Crippen LogP) is 5.36. The number of amides is 2. The van der Waals surface area contributed by atoms with Crippen molar-refractivity contribution < 1.29 is 9.59 Å². The van der Waals surface area contributed by atoms with Gasteiger partial charge in [-0.15, -0.1) is 0 Å². The zero-order chi connectivity index (χ0) is 21.1. The molecule has 5 nitrogen and oxygen atoms in total. The van der Waals surface area contributed by atoms with Crippen LogP contribution in [-0.2, 0) is 0 Å². The van der Waals surface area contributed by atoms with Crippen molar-refractivity contribution in [3.8, 4) is 0 Å². The van der Waals surface area contributed by atoms with E-state index < -0.39 is 0 Å². The van der Waals surface area contributed by atoms with Crippen LogP contribution in [0.3, 0.4) is 0 Å². The largest absolute Gasteiger partial charge is 0.322 e. The third-order valence-electron chi connectivity index (χ3n) is 4.99. The summed E-state index contributed by atoms with van der Waals surface area (Å²) in [7, 11) is 0. The molecular weight excluding hydrogens is 374 g/mol. The monoisotopic (exact) mass is 395 g/mol. The second-order valence-corrected chi connectivity index (χ2v) is 7.14. The summed E-state index contributed by atoms with van der Waals surface area (Å²) in [5.74, 6) is -0.552. The molecular formula is C25H21N3O2.